The highest BCUT2D eigenvalue weighted by molar-refractivity contribution is 6.30. The van der Waals surface area contributed by atoms with Crippen molar-refractivity contribution in [1.82, 2.24) is 10.1 Å². The molecule has 1 amide bonds. The van der Waals surface area contributed by atoms with E-state index >= 15 is 0 Å². The Labute approximate surface area is 162 Å². The van der Waals surface area contributed by atoms with Gasteiger partial charge in [0.25, 0.3) is 5.89 Å². The molecule has 2 aromatic carbocycles. The number of hydrogen-bond acceptors (Lipinski definition) is 5. The monoisotopic (exact) mass is 382 g/mol. The number of halogens is 1. The Morgan fingerprint density at radius 2 is 1.81 bits per heavy atom. The first kappa shape index (κ1) is 17.5. The van der Waals surface area contributed by atoms with Crippen LogP contribution in [0.25, 0.3) is 11.5 Å². The Kier molecular flexibility index (Phi) is 4.58. The van der Waals surface area contributed by atoms with Gasteiger partial charge in [-0.3, -0.25) is 4.79 Å². The number of anilines is 2. The van der Waals surface area contributed by atoms with E-state index in [1.54, 1.807) is 17.0 Å². The predicted octanol–water partition coefficient (Wildman–Crippen LogP) is 3.98. The molecule has 0 spiro atoms. The highest BCUT2D eigenvalue weighted by Gasteiger charge is 2.34. The van der Waals surface area contributed by atoms with Crippen molar-refractivity contribution in [3.63, 3.8) is 0 Å². The third-order valence-corrected chi connectivity index (χ3v) is 4.95. The second-order valence-corrected chi connectivity index (χ2v) is 7.22. The van der Waals surface area contributed by atoms with E-state index in [4.69, 9.17) is 16.1 Å². The number of aromatic nitrogens is 2. The summed E-state index contributed by atoms with van der Waals surface area (Å²) in [5.74, 6) is 0.981. The summed E-state index contributed by atoms with van der Waals surface area (Å²) < 4.78 is 5.43. The van der Waals surface area contributed by atoms with E-state index < -0.39 is 0 Å². The molecule has 6 nitrogen and oxygen atoms in total. The zero-order chi connectivity index (χ0) is 19.0. The fourth-order valence-corrected chi connectivity index (χ4v) is 3.30. The molecule has 1 fully saturated rings. The molecule has 7 heteroatoms. The zero-order valence-electron chi connectivity index (χ0n) is 15.1. The van der Waals surface area contributed by atoms with Crippen molar-refractivity contribution >= 4 is 28.9 Å². The number of hydrogen-bond donors (Lipinski definition) is 0. The standard InChI is InChI=1S/C20H19ClN4O2/c1-24(2)16-7-3-13(4-8-16)20-22-19(23-27-20)14-11-18(26)25(12-14)17-9-5-15(21)6-10-17/h3-10,14H,11-12H2,1-2H3/t14-/m0/s1. The van der Waals surface area contributed by atoms with Gasteiger partial charge in [-0.15, -0.1) is 0 Å². The van der Waals surface area contributed by atoms with E-state index in [9.17, 15) is 4.79 Å². The van der Waals surface area contributed by atoms with Gasteiger partial charge >= 0.3 is 0 Å². The second kappa shape index (κ2) is 7.04. The van der Waals surface area contributed by atoms with Gasteiger partial charge in [0, 0.05) is 54.9 Å². The Hall–Kier alpha value is -2.86. The van der Waals surface area contributed by atoms with Gasteiger partial charge in [-0.2, -0.15) is 4.98 Å². The van der Waals surface area contributed by atoms with E-state index in [1.165, 1.54) is 0 Å². The van der Waals surface area contributed by atoms with Crippen molar-refractivity contribution in [3.8, 4) is 11.5 Å². The molecular weight excluding hydrogens is 364 g/mol. The number of rotatable bonds is 4. The molecule has 0 unspecified atom stereocenters. The molecule has 1 aliphatic heterocycles. The SMILES string of the molecule is CN(C)c1ccc(-c2nc([C@H]3CC(=O)N(c4ccc(Cl)cc4)C3)no2)cc1. The average Bonchev–Trinajstić information content (AvgIpc) is 3.29. The van der Waals surface area contributed by atoms with Crippen molar-refractivity contribution in [2.75, 3.05) is 30.4 Å². The van der Waals surface area contributed by atoms with E-state index in [-0.39, 0.29) is 11.8 Å². The molecule has 0 saturated carbocycles. The van der Waals surface area contributed by atoms with Gasteiger partial charge in [-0.1, -0.05) is 16.8 Å². The fourth-order valence-electron chi connectivity index (χ4n) is 3.17. The minimum absolute atomic E-state index is 0.0454. The predicted molar refractivity (Wildman–Crippen MR) is 105 cm³/mol. The smallest absolute Gasteiger partial charge is 0.257 e. The number of nitrogens with zero attached hydrogens (tertiary/aromatic N) is 4. The number of carbonyl (C=O) groups excluding carboxylic acids is 1. The summed E-state index contributed by atoms with van der Waals surface area (Å²) in [6, 6.07) is 15.1. The highest BCUT2D eigenvalue weighted by atomic mass is 35.5. The van der Waals surface area contributed by atoms with Gasteiger partial charge in [0.2, 0.25) is 5.91 Å². The lowest BCUT2D eigenvalue weighted by Gasteiger charge is -2.16. The Morgan fingerprint density at radius 3 is 2.48 bits per heavy atom. The topological polar surface area (TPSA) is 62.5 Å². The molecule has 138 valence electrons. The van der Waals surface area contributed by atoms with Crippen molar-refractivity contribution < 1.29 is 9.32 Å². The molecule has 0 bridgehead atoms. The molecule has 27 heavy (non-hydrogen) atoms. The first-order valence-corrected chi connectivity index (χ1v) is 9.06. The molecule has 0 radical (unpaired) electrons. The summed E-state index contributed by atoms with van der Waals surface area (Å²) in [6.45, 7) is 0.527. The van der Waals surface area contributed by atoms with Gasteiger partial charge in [-0.25, -0.2) is 0 Å². The van der Waals surface area contributed by atoms with Crippen molar-refractivity contribution in [3.05, 3.63) is 59.4 Å². The van der Waals surface area contributed by atoms with Gasteiger partial charge in [-0.05, 0) is 48.5 Å². The lowest BCUT2D eigenvalue weighted by Crippen LogP contribution is -2.24. The summed E-state index contributed by atoms with van der Waals surface area (Å²) in [5.41, 5.74) is 2.78. The van der Waals surface area contributed by atoms with Crippen LogP contribution in [0.5, 0.6) is 0 Å². The number of benzene rings is 2. The van der Waals surface area contributed by atoms with Crippen LogP contribution in [0.4, 0.5) is 11.4 Å². The van der Waals surface area contributed by atoms with Crippen LogP contribution in [0, 0.1) is 0 Å². The van der Waals surface area contributed by atoms with Gasteiger partial charge in [0.15, 0.2) is 5.82 Å². The van der Waals surface area contributed by atoms with Crippen LogP contribution < -0.4 is 9.80 Å². The summed E-state index contributed by atoms with van der Waals surface area (Å²) in [6.07, 6.45) is 0.362. The quantitative estimate of drug-likeness (QED) is 0.683. The van der Waals surface area contributed by atoms with E-state index in [1.807, 2.05) is 55.4 Å². The third-order valence-electron chi connectivity index (χ3n) is 4.70. The average molecular weight is 383 g/mol. The maximum atomic E-state index is 12.4. The number of carbonyl (C=O) groups is 1. The third kappa shape index (κ3) is 3.53. The minimum atomic E-state index is -0.0910. The van der Waals surface area contributed by atoms with Crippen LogP contribution in [0.1, 0.15) is 18.2 Å². The first-order chi connectivity index (χ1) is 13.0. The summed E-state index contributed by atoms with van der Waals surface area (Å²) in [5, 5.41) is 4.76. The second-order valence-electron chi connectivity index (χ2n) is 6.78. The maximum absolute atomic E-state index is 12.4. The molecule has 0 aliphatic carbocycles. The van der Waals surface area contributed by atoms with Gasteiger partial charge < -0.3 is 14.3 Å². The lowest BCUT2D eigenvalue weighted by molar-refractivity contribution is -0.117. The Morgan fingerprint density at radius 1 is 1.11 bits per heavy atom. The van der Waals surface area contributed by atoms with Crippen molar-refractivity contribution in [2.45, 2.75) is 12.3 Å². The summed E-state index contributed by atoms with van der Waals surface area (Å²) in [4.78, 5) is 20.7. The van der Waals surface area contributed by atoms with E-state index in [2.05, 4.69) is 10.1 Å². The Bertz CT molecular complexity index is 951. The van der Waals surface area contributed by atoms with Crippen LogP contribution in [0.2, 0.25) is 5.02 Å². The molecule has 2 heterocycles. The summed E-state index contributed by atoms with van der Waals surface area (Å²) >= 11 is 5.93. The fraction of sp³-hybridized carbons (Fsp3) is 0.250. The maximum Gasteiger partial charge on any atom is 0.257 e. The first-order valence-electron chi connectivity index (χ1n) is 8.68. The largest absolute Gasteiger partial charge is 0.378 e. The van der Waals surface area contributed by atoms with E-state index in [0.29, 0.717) is 29.7 Å². The lowest BCUT2D eigenvalue weighted by atomic mass is 10.1. The van der Waals surface area contributed by atoms with Gasteiger partial charge in [0.05, 0.1) is 0 Å². The van der Waals surface area contributed by atoms with Crippen LogP contribution in [-0.2, 0) is 4.79 Å². The molecule has 1 aliphatic rings. The van der Waals surface area contributed by atoms with Crippen LogP contribution in [0.15, 0.2) is 53.1 Å². The molecule has 3 aromatic rings. The highest BCUT2D eigenvalue weighted by Crippen LogP contribution is 2.32. The van der Waals surface area contributed by atoms with Crippen molar-refractivity contribution in [2.24, 2.45) is 0 Å². The Balaban J connectivity index is 1.52. The van der Waals surface area contributed by atoms with Crippen LogP contribution >= 0.6 is 11.6 Å². The zero-order valence-corrected chi connectivity index (χ0v) is 15.8. The molecular formula is C20H19ClN4O2. The molecule has 1 aromatic heterocycles. The summed E-state index contributed by atoms with van der Waals surface area (Å²) in [7, 11) is 3.98. The minimum Gasteiger partial charge on any atom is -0.378 e. The van der Waals surface area contributed by atoms with Crippen molar-refractivity contribution in [1.29, 1.82) is 0 Å². The molecule has 1 atom stereocenters. The van der Waals surface area contributed by atoms with Crippen LogP contribution in [-0.4, -0.2) is 36.7 Å². The molecule has 4 rings (SSSR count). The van der Waals surface area contributed by atoms with Crippen LogP contribution in [0.3, 0.4) is 0 Å². The van der Waals surface area contributed by atoms with E-state index in [0.717, 1.165) is 16.9 Å². The number of amides is 1. The van der Waals surface area contributed by atoms with Gasteiger partial charge in [0.1, 0.15) is 0 Å². The normalized spacial score (nSPS) is 16.8. The molecule has 1 saturated heterocycles. The molecule has 0 N–H and O–H groups in total.